The Balaban J connectivity index is 1.39. The number of anilines is 1. The maximum absolute atomic E-state index is 13.1. The Morgan fingerprint density at radius 3 is 2.50 bits per heavy atom. The van der Waals surface area contributed by atoms with Gasteiger partial charge < -0.3 is 24.2 Å². The summed E-state index contributed by atoms with van der Waals surface area (Å²) in [7, 11) is 3.39. The van der Waals surface area contributed by atoms with Gasteiger partial charge in [-0.1, -0.05) is 18.2 Å². The van der Waals surface area contributed by atoms with Crippen molar-refractivity contribution in [2.24, 2.45) is 0 Å². The van der Waals surface area contributed by atoms with Crippen molar-refractivity contribution in [2.45, 2.75) is 18.9 Å². The minimum atomic E-state index is 0.256. The third kappa shape index (κ3) is 4.38. The van der Waals surface area contributed by atoms with Crippen LogP contribution in [0.4, 0.5) is 5.69 Å². The lowest BCUT2D eigenvalue weighted by Crippen LogP contribution is -3.11. The SMILES string of the molecule is COc1ccc(OC)c([C@H]2CCC[NH+]2CC(=O)N2CCN(c3ccccc3)CC2)c1. The average molecular weight is 411 g/mol. The number of methoxy groups -OCH3 is 2. The van der Waals surface area contributed by atoms with Gasteiger partial charge in [-0.25, -0.2) is 0 Å². The van der Waals surface area contributed by atoms with Crippen molar-refractivity contribution in [3.63, 3.8) is 0 Å². The summed E-state index contributed by atoms with van der Waals surface area (Å²) in [4.78, 5) is 18.8. The van der Waals surface area contributed by atoms with E-state index in [1.807, 2.05) is 23.1 Å². The van der Waals surface area contributed by atoms with Gasteiger partial charge in [0.05, 0.1) is 26.3 Å². The van der Waals surface area contributed by atoms with Crippen LogP contribution in [-0.2, 0) is 4.79 Å². The molecule has 2 aromatic carbocycles. The molecule has 6 nitrogen and oxygen atoms in total. The molecule has 0 saturated carbocycles. The number of para-hydroxylation sites is 1. The Hall–Kier alpha value is -2.73. The van der Waals surface area contributed by atoms with E-state index in [0.717, 1.165) is 62.6 Å². The number of nitrogens with zero attached hydrogens (tertiary/aromatic N) is 2. The minimum Gasteiger partial charge on any atom is -0.497 e. The highest BCUT2D eigenvalue weighted by Gasteiger charge is 2.35. The summed E-state index contributed by atoms with van der Waals surface area (Å²) in [5, 5.41) is 0. The van der Waals surface area contributed by atoms with Gasteiger partial charge in [-0.3, -0.25) is 4.79 Å². The first kappa shape index (κ1) is 20.5. The van der Waals surface area contributed by atoms with Crippen molar-refractivity contribution in [1.82, 2.24) is 4.90 Å². The second-order valence-corrected chi connectivity index (χ2v) is 8.09. The van der Waals surface area contributed by atoms with Crippen LogP contribution in [-0.4, -0.2) is 64.3 Å². The third-order valence-corrected chi connectivity index (χ3v) is 6.43. The number of quaternary nitrogens is 1. The van der Waals surface area contributed by atoms with Gasteiger partial charge in [-0.15, -0.1) is 0 Å². The maximum atomic E-state index is 13.1. The number of hydrogen-bond acceptors (Lipinski definition) is 4. The number of carbonyl (C=O) groups excluding carboxylic acids is 1. The van der Waals surface area contributed by atoms with Crippen molar-refractivity contribution < 1.29 is 19.2 Å². The van der Waals surface area contributed by atoms with Crippen molar-refractivity contribution >= 4 is 11.6 Å². The van der Waals surface area contributed by atoms with Crippen molar-refractivity contribution in [3.05, 3.63) is 54.1 Å². The molecule has 2 heterocycles. The minimum absolute atomic E-state index is 0.256. The normalized spacial score (nSPS) is 21.5. The second-order valence-electron chi connectivity index (χ2n) is 8.09. The van der Waals surface area contributed by atoms with Gasteiger partial charge in [0.25, 0.3) is 5.91 Å². The van der Waals surface area contributed by atoms with Crippen LogP contribution in [0.1, 0.15) is 24.4 Å². The zero-order valence-electron chi connectivity index (χ0n) is 18.0. The van der Waals surface area contributed by atoms with Crippen LogP contribution in [0.15, 0.2) is 48.5 Å². The van der Waals surface area contributed by atoms with Gasteiger partial charge in [0.1, 0.15) is 17.5 Å². The fourth-order valence-corrected chi connectivity index (χ4v) is 4.77. The Bertz CT molecular complexity index is 850. The van der Waals surface area contributed by atoms with E-state index in [1.165, 1.54) is 10.6 Å². The fourth-order valence-electron chi connectivity index (χ4n) is 4.77. The number of carbonyl (C=O) groups is 1. The summed E-state index contributed by atoms with van der Waals surface area (Å²) in [6, 6.07) is 16.7. The van der Waals surface area contributed by atoms with Crippen LogP contribution in [0.3, 0.4) is 0 Å². The molecule has 2 fully saturated rings. The van der Waals surface area contributed by atoms with Gasteiger partial charge >= 0.3 is 0 Å². The van der Waals surface area contributed by atoms with Crippen LogP contribution in [0.5, 0.6) is 11.5 Å². The third-order valence-electron chi connectivity index (χ3n) is 6.43. The van der Waals surface area contributed by atoms with E-state index in [4.69, 9.17) is 9.47 Å². The average Bonchev–Trinajstić information content (AvgIpc) is 3.27. The second kappa shape index (κ2) is 9.39. The monoisotopic (exact) mass is 410 g/mol. The molecule has 2 aliphatic rings. The molecule has 1 amide bonds. The van der Waals surface area contributed by atoms with E-state index in [9.17, 15) is 4.79 Å². The molecule has 2 saturated heterocycles. The molecule has 0 aliphatic carbocycles. The number of likely N-dealkylation sites (tertiary alicyclic amines) is 1. The van der Waals surface area contributed by atoms with E-state index < -0.39 is 0 Å². The summed E-state index contributed by atoms with van der Waals surface area (Å²) >= 11 is 0. The Labute approximate surface area is 179 Å². The number of piperazine rings is 1. The number of benzene rings is 2. The largest absolute Gasteiger partial charge is 0.497 e. The lowest BCUT2D eigenvalue weighted by atomic mass is 10.0. The van der Waals surface area contributed by atoms with Gasteiger partial charge in [0.15, 0.2) is 6.54 Å². The molecule has 30 heavy (non-hydrogen) atoms. The summed E-state index contributed by atoms with van der Waals surface area (Å²) in [5.41, 5.74) is 2.38. The number of nitrogens with one attached hydrogen (secondary N) is 1. The zero-order valence-corrected chi connectivity index (χ0v) is 18.0. The summed E-state index contributed by atoms with van der Waals surface area (Å²) in [5.74, 6) is 1.97. The molecule has 1 N–H and O–H groups in total. The van der Waals surface area contributed by atoms with Crippen molar-refractivity contribution in [3.8, 4) is 11.5 Å². The van der Waals surface area contributed by atoms with Crippen LogP contribution in [0.2, 0.25) is 0 Å². The highest BCUT2D eigenvalue weighted by molar-refractivity contribution is 5.77. The predicted molar refractivity (Wildman–Crippen MR) is 117 cm³/mol. The first-order valence-electron chi connectivity index (χ1n) is 10.8. The molecular weight excluding hydrogens is 378 g/mol. The maximum Gasteiger partial charge on any atom is 0.277 e. The fraction of sp³-hybridized carbons (Fsp3) is 0.458. The van der Waals surface area contributed by atoms with Crippen LogP contribution in [0, 0.1) is 0 Å². The molecule has 160 valence electrons. The van der Waals surface area contributed by atoms with Crippen molar-refractivity contribution in [1.29, 1.82) is 0 Å². The highest BCUT2D eigenvalue weighted by atomic mass is 16.5. The molecule has 2 aliphatic heterocycles. The Morgan fingerprint density at radius 1 is 1.03 bits per heavy atom. The topological polar surface area (TPSA) is 46.5 Å². The van der Waals surface area contributed by atoms with E-state index in [2.05, 4.69) is 35.2 Å². The number of amides is 1. The lowest BCUT2D eigenvalue weighted by molar-refractivity contribution is -0.910. The molecule has 2 aromatic rings. The van der Waals surface area contributed by atoms with E-state index in [0.29, 0.717) is 6.54 Å². The van der Waals surface area contributed by atoms with Crippen molar-refractivity contribution in [2.75, 3.05) is 58.4 Å². The molecule has 4 rings (SSSR count). The van der Waals surface area contributed by atoms with Gasteiger partial charge in [0.2, 0.25) is 0 Å². The van der Waals surface area contributed by atoms with Crippen LogP contribution < -0.4 is 19.3 Å². The molecule has 6 heteroatoms. The summed E-state index contributed by atoms with van der Waals surface area (Å²) < 4.78 is 11.0. The zero-order chi connectivity index (χ0) is 20.9. The first-order valence-corrected chi connectivity index (χ1v) is 10.8. The quantitative estimate of drug-likeness (QED) is 0.789. The first-order chi connectivity index (χ1) is 14.7. The number of ether oxygens (including phenoxy) is 2. The van der Waals surface area contributed by atoms with Crippen LogP contribution in [0.25, 0.3) is 0 Å². The molecule has 0 spiro atoms. The summed E-state index contributed by atoms with van der Waals surface area (Å²) in [6.45, 7) is 4.90. The standard InChI is InChI=1S/C24H31N3O3/c1-29-20-10-11-23(30-2)21(17-20)22-9-6-12-27(22)18-24(28)26-15-13-25(14-16-26)19-7-4-3-5-8-19/h3-5,7-8,10-11,17,22H,6,9,12-16,18H2,1-2H3/p+1/t22-/m1/s1. The molecular formula is C24H32N3O3+. The van der Waals surface area contributed by atoms with E-state index in [-0.39, 0.29) is 11.9 Å². The molecule has 0 bridgehead atoms. The van der Waals surface area contributed by atoms with Gasteiger partial charge in [-0.05, 0) is 30.3 Å². The summed E-state index contributed by atoms with van der Waals surface area (Å²) in [6.07, 6.45) is 2.18. The Morgan fingerprint density at radius 2 is 1.80 bits per heavy atom. The molecule has 0 radical (unpaired) electrons. The Kier molecular flexibility index (Phi) is 6.43. The highest BCUT2D eigenvalue weighted by Crippen LogP contribution is 2.31. The predicted octanol–water partition coefficient (Wildman–Crippen LogP) is 1.77. The van der Waals surface area contributed by atoms with Gasteiger partial charge in [0, 0.05) is 44.7 Å². The lowest BCUT2D eigenvalue weighted by Gasteiger charge is -2.36. The van der Waals surface area contributed by atoms with E-state index >= 15 is 0 Å². The number of hydrogen-bond donors (Lipinski definition) is 1. The van der Waals surface area contributed by atoms with Crippen LogP contribution >= 0.6 is 0 Å². The van der Waals surface area contributed by atoms with E-state index in [1.54, 1.807) is 14.2 Å². The molecule has 1 unspecified atom stereocenters. The van der Waals surface area contributed by atoms with Gasteiger partial charge in [-0.2, -0.15) is 0 Å². The molecule has 0 aromatic heterocycles. The molecule has 2 atom stereocenters. The smallest absolute Gasteiger partial charge is 0.277 e. The number of rotatable bonds is 6.